The normalized spacial score (nSPS) is 21.1. The minimum absolute atomic E-state index is 0. The second-order valence-electron chi connectivity index (χ2n) is 4.72. The number of hydrogen-bond donors (Lipinski definition) is 2. The molecule has 16 heavy (non-hydrogen) atoms. The molecule has 0 saturated carbocycles. The van der Waals surface area contributed by atoms with Crippen molar-refractivity contribution in [2.45, 2.75) is 32.3 Å². The van der Waals surface area contributed by atoms with Crippen LogP contribution in [0, 0.1) is 5.92 Å². The molecule has 0 aromatic rings. The minimum Gasteiger partial charge on any atom is -0.377 e. The molecule has 0 radical (unpaired) electrons. The summed E-state index contributed by atoms with van der Waals surface area (Å²) in [7, 11) is 1.66. The molecule has 1 amide bonds. The predicted octanol–water partition coefficient (Wildman–Crippen LogP) is 0.949. The molecule has 0 aliphatic carbocycles. The Morgan fingerprint density at radius 3 is 2.75 bits per heavy atom. The van der Waals surface area contributed by atoms with Gasteiger partial charge in [0, 0.05) is 20.2 Å². The van der Waals surface area contributed by atoms with E-state index in [1.807, 2.05) is 13.8 Å². The highest BCUT2D eigenvalue weighted by molar-refractivity contribution is 5.85. The van der Waals surface area contributed by atoms with Gasteiger partial charge in [-0.3, -0.25) is 4.79 Å². The maximum Gasteiger partial charge on any atom is 0.224 e. The molecular weight excluding hydrogens is 228 g/mol. The van der Waals surface area contributed by atoms with E-state index in [1.54, 1.807) is 7.11 Å². The number of amides is 1. The van der Waals surface area contributed by atoms with Gasteiger partial charge in [0.2, 0.25) is 5.91 Å². The summed E-state index contributed by atoms with van der Waals surface area (Å²) in [6, 6.07) is 0. The van der Waals surface area contributed by atoms with Crippen LogP contribution in [0.25, 0.3) is 0 Å². The van der Waals surface area contributed by atoms with Crippen LogP contribution in [0.5, 0.6) is 0 Å². The smallest absolute Gasteiger partial charge is 0.224 e. The van der Waals surface area contributed by atoms with Gasteiger partial charge in [0.25, 0.3) is 0 Å². The topological polar surface area (TPSA) is 50.4 Å². The monoisotopic (exact) mass is 250 g/mol. The molecule has 4 nitrogen and oxygen atoms in total. The average molecular weight is 251 g/mol. The van der Waals surface area contributed by atoms with Crippen LogP contribution in [-0.4, -0.2) is 38.3 Å². The number of halogens is 1. The van der Waals surface area contributed by atoms with Crippen LogP contribution >= 0.6 is 12.4 Å². The maximum atomic E-state index is 11.8. The molecule has 1 aliphatic rings. The quantitative estimate of drug-likeness (QED) is 0.781. The highest BCUT2D eigenvalue weighted by atomic mass is 35.5. The SMILES string of the molecule is COC(C)(C)CNC(=O)[C@@H]1CCCNC1.Cl. The lowest BCUT2D eigenvalue weighted by molar-refractivity contribution is -0.126. The molecule has 1 saturated heterocycles. The van der Waals surface area contributed by atoms with E-state index in [9.17, 15) is 4.79 Å². The summed E-state index contributed by atoms with van der Waals surface area (Å²) in [5.41, 5.74) is -0.280. The zero-order valence-electron chi connectivity index (χ0n) is 10.3. The number of nitrogens with one attached hydrogen (secondary N) is 2. The molecule has 1 atom stereocenters. The summed E-state index contributed by atoms with van der Waals surface area (Å²) in [6.45, 7) is 6.34. The zero-order chi connectivity index (χ0) is 11.3. The first kappa shape index (κ1) is 15.7. The van der Waals surface area contributed by atoms with E-state index < -0.39 is 0 Å². The van der Waals surface area contributed by atoms with Crippen LogP contribution < -0.4 is 10.6 Å². The van der Waals surface area contributed by atoms with E-state index in [1.165, 1.54) is 0 Å². The Hall–Kier alpha value is -0.320. The Balaban J connectivity index is 0.00000225. The molecule has 0 spiro atoms. The van der Waals surface area contributed by atoms with Gasteiger partial charge < -0.3 is 15.4 Å². The van der Waals surface area contributed by atoms with Gasteiger partial charge in [-0.2, -0.15) is 0 Å². The van der Waals surface area contributed by atoms with Gasteiger partial charge in [-0.15, -0.1) is 12.4 Å². The molecule has 1 aliphatic heterocycles. The van der Waals surface area contributed by atoms with Crippen molar-refractivity contribution >= 4 is 18.3 Å². The van der Waals surface area contributed by atoms with Crippen LogP contribution in [-0.2, 0) is 9.53 Å². The number of methoxy groups -OCH3 is 1. The van der Waals surface area contributed by atoms with Crippen LogP contribution in [0.2, 0.25) is 0 Å². The van der Waals surface area contributed by atoms with Crippen molar-refractivity contribution < 1.29 is 9.53 Å². The molecule has 96 valence electrons. The van der Waals surface area contributed by atoms with Crippen molar-refractivity contribution in [3.8, 4) is 0 Å². The van der Waals surface area contributed by atoms with E-state index in [0.29, 0.717) is 6.54 Å². The molecule has 0 unspecified atom stereocenters. The fourth-order valence-corrected chi connectivity index (χ4v) is 1.59. The first-order chi connectivity index (χ1) is 7.05. The van der Waals surface area contributed by atoms with Crippen molar-refractivity contribution in [1.82, 2.24) is 10.6 Å². The summed E-state index contributed by atoms with van der Waals surface area (Å²) in [6.07, 6.45) is 2.08. The molecule has 0 aromatic heterocycles. The van der Waals surface area contributed by atoms with Crippen molar-refractivity contribution in [2.75, 3.05) is 26.7 Å². The van der Waals surface area contributed by atoms with Crippen LogP contribution in [0.15, 0.2) is 0 Å². The lowest BCUT2D eigenvalue weighted by Gasteiger charge is -2.26. The summed E-state index contributed by atoms with van der Waals surface area (Å²) >= 11 is 0. The number of piperidine rings is 1. The Kier molecular flexibility index (Phi) is 6.95. The fourth-order valence-electron chi connectivity index (χ4n) is 1.59. The third-order valence-electron chi connectivity index (χ3n) is 2.91. The van der Waals surface area contributed by atoms with Gasteiger partial charge in [-0.05, 0) is 33.2 Å². The van der Waals surface area contributed by atoms with Gasteiger partial charge in [0.15, 0.2) is 0 Å². The van der Waals surface area contributed by atoms with Gasteiger partial charge in [-0.1, -0.05) is 0 Å². The number of carbonyl (C=O) groups is 1. The molecule has 1 heterocycles. The first-order valence-electron chi connectivity index (χ1n) is 5.59. The van der Waals surface area contributed by atoms with Gasteiger partial charge in [-0.25, -0.2) is 0 Å². The number of carbonyl (C=O) groups excluding carboxylic acids is 1. The average Bonchev–Trinajstić information content (AvgIpc) is 2.27. The summed E-state index contributed by atoms with van der Waals surface area (Å²) < 4.78 is 5.25. The third kappa shape index (κ3) is 5.14. The number of rotatable bonds is 4. The zero-order valence-corrected chi connectivity index (χ0v) is 11.2. The summed E-state index contributed by atoms with van der Waals surface area (Å²) in [5.74, 6) is 0.277. The molecule has 0 bridgehead atoms. The Morgan fingerprint density at radius 1 is 1.56 bits per heavy atom. The highest BCUT2D eigenvalue weighted by Crippen LogP contribution is 2.11. The van der Waals surface area contributed by atoms with Crippen LogP contribution in [0.1, 0.15) is 26.7 Å². The summed E-state index contributed by atoms with van der Waals surface area (Å²) in [5, 5.41) is 6.17. The van der Waals surface area contributed by atoms with Crippen LogP contribution in [0.4, 0.5) is 0 Å². The van der Waals surface area contributed by atoms with Crippen molar-refractivity contribution in [3.05, 3.63) is 0 Å². The first-order valence-corrected chi connectivity index (χ1v) is 5.59. The van der Waals surface area contributed by atoms with Crippen molar-refractivity contribution in [3.63, 3.8) is 0 Å². The predicted molar refractivity (Wildman–Crippen MR) is 66.9 cm³/mol. The lowest BCUT2D eigenvalue weighted by atomic mass is 9.98. The standard InChI is InChI=1S/C11H22N2O2.ClH/c1-11(2,15-3)8-13-10(14)9-5-4-6-12-7-9;/h9,12H,4-8H2,1-3H3,(H,13,14);1H/t9-;/m1./s1. The molecule has 2 N–H and O–H groups in total. The Labute approximate surface area is 104 Å². The maximum absolute atomic E-state index is 11.8. The fraction of sp³-hybridized carbons (Fsp3) is 0.909. The molecule has 5 heteroatoms. The van der Waals surface area contributed by atoms with Crippen molar-refractivity contribution in [2.24, 2.45) is 5.92 Å². The largest absolute Gasteiger partial charge is 0.377 e. The van der Waals surface area contributed by atoms with Gasteiger partial charge in [0.1, 0.15) is 0 Å². The number of ether oxygens (including phenoxy) is 1. The van der Waals surface area contributed by atoms with Crippen LogP contribution in [0.3, 0.4) is 0 Å². The van der Waals surface area contributed by atoms with E-state index in [4.69, 9.17) is 4.74 Å². The Morgan fingerprint density at radius 2 is 2.25 bits per heavy atom. The van der Waals surface area contributed by atoms with E-state index in [-0.39, 0.29) is 29.8 Å². The third-order valence-corrected chi connectivity index (χ3v) is 2.91. The van der Waals surface area contributed by atoms with E-state index in [0.717, 1.165) is 25.9 Å². The van der Waals surface area contributed by atoms with Gasteiger partial charge in [0.05, 0.1) is 11.5 Å². The summed E-state index contributed by atoms with van der Waals surface area (Å²) in [4.78, 5) is 11.8. The Bertz CT molecular complexity index is 216. The molecule has 1 rings (SSSR count). The second-order valence-corrected chi connectivity index (χ2v) is 4.72. The highest BCUT2D eigenvalue weighted by Gasteiger charge is 2.23. The van der Waals surface area contributed by atoms with Crippen molar-refractivity contribution in [1.29, 1.82) is 0 Å². The molecular formula is C11H23ClN2O2. The second kappa shape index (κ2) is 7.09. The van der Waals surface area contributed by atoms with E-state index >= 15 is 0 Å². The van der Waals surface area contributed by atoms with Gasteiger partial charge >= 0.3 is 0 Å². The minimum atomic E-state index is -0.280. The number of hydrogen-bond acceptors (Lipinski definition) is 3. The molecule has 1 fully saturated rings. The molecule has 0 aromatic carbocycles. The van der Waals surface area contributed by atoms with E-state index in [2.05, 4.69) is 10.6 Å². The lowest BCUT2D eigenvalue weighted by Crippen LogP contribution is -2.45.